The summed E-state index contributed by atoms with van der Waals surface area (Å²) in [7, 11) is 0. The monoisotopic (exact) mass is 404 g/mol. The zero-order valence-corrected chi connectivity index (χ0v) is 20.2. The minimum absolute atomic E-state index is 0.151. The number of aliphatic hydroxyl groups excluding tert-OH is 1. The van der Waals surface area contributed by atoms with Crippen molar-refractivity contribution >= 4 is 0 Å². The average molecular weight is 405 g/mol. The topological polar surface area (TPSA) is 29.5 Å². The second kappa shape index (κ2) is 14.9. The Kier molecular flexibility index (Phi) is 13.4. The molecule has 0 heterocycles. The Labute approximate surface area is 181 Å². The first kappa shape index (κ1) is 26.0. The quantitative estimate of drug-likeness (QED) is 0.220. The van der Waals surface area contributed by atoms with E-state index in [1.54, 1.807) is 0 Å². The highest BCUT2D eigenvalue weighted by Gasteiger charge is 2.26. The van der Waals surface area contributed by atoms with Gasteiger partial charge in [0.2, 0.25) is 0 Å². The van der Waals surface area contributed by atoms with Gasteiger partial charge in [-0.2, -0.15) is 0 Å². The predicted octanol–water partition coefficient (Wildman–Crippen LogP) is 8.13. The summed E-state index contributed by atoms with van der Waals surface area (Å²) >= 11 is 0. The number of hydrogen-bond acceptors (Lipinski definition) is 2. The average Bonchev–Trinajstić information content (AvgIpc) is 2.71. The van der Waals surface area contributed by atoms with Gasteiger partial charge in [-0.05, 0) is 75.5 Å². The molecular formula is C27H48O2. The van der Waals surface area contributed by atoms with Gasteiger partial charge in [-0.1, -0.05) is 71.4 Å². The van der Waals surface area contributed by atoms with E-state index in [0.29, 0.717) is 5.92 Å². The smallest absolute Gasteiger partial charge is 0.121 e. The van der Waals surface area contributed by atoms with Crippen molar-refractivity contribution in [3.05, 3.63) is 34.6 Å². The van der Waals surface area contributed by atoms with Gasteiger partial charge in [-0.15, -0.1) is 0 Å². The highest BCUT2D eigenvalue weighted by molar-refractivity contribution is 5.37. The molecule has 1 N–H and O–H groups in total. The van der Waals surface area contributed by atoms with Crippen molar-refractivity contribution in [1.82, 2.24) is 0 Å². The third-order valence-corrected chi connectivity index (χ3v) is 6.58. The molecule has 0 saturated carbocycles. The van der Waals surface area contributed by atoms with Crippen LogP contribution in [0.1, 0.15) is 112 Å². The lowest BCUT2D eigenvalue weighted by Gasteiger charge is -2.29. The largest absolute Gasteiger partial charge is 0.493 e. The Morgan fingerprint density at radius 1 is 1.14 bits per heavy atom. The first-order valence-electron chi connectivity index (χ1n) is 12.3. The van der Waals surface area contributed by atoms with E-state index >= 15 is 0 Å². The first-order valence-corrected chi connectivity index (χ1v) is 12.3. The number of rotatable bonds is 15. The lowest BCUT2D eigenvalue weighted by atomic mass is 9.84. The molecule has 2 nitrogen and oxygen atoms in total. The van der Waals surface area contributed by atoms with Crippen molar-refractivity contribution in [3.63, 3.8) is 0 Å². The van der Waals surface area contributed by atoms with Gasteiger partial charge in [0.15, 0.2) is 0 Å². The van der Waals surface area contributed by atoms with E-state index in [4.69, 9.17) is 4.74 Å². The molecule has 0 spiro atoms. The minimum Gasteiger partial charge on any atom is -0.493 e. The van der Waals surface area contributed by atoms with Crippen LogP contribution in [-0.2, 0) is 4.74 Å². The molecule has 3 atom stereocenters. The number of aliphatic hydroxyl groups is 1. The van der Waals surface area contributed by atoms with Crippen LogP contribution in [-0.4, -0.2) is 17.8 Å². The van der Waals surface area contributed by atoms with Crippen molar-refractivity contribution < 1.29 is 9.84 Å². The van der Waals surface area contributed by atoms with E-state index < -0.39 is 0 Å². The summed E-state index contributed by atoms with van der Waals surface area (Å²) in [5, 5.41) is 10.4. The van der Waals surface area contributed by atoms with Gasteiger partial charge in [-0.25, -0.2) is 0 Å². The molecule has 0 aromatic rings. The molecule has 1 aliphatic rings. The van der Waals surface area contributed by atoms with Crippen molar-refractivity contribution in [2.75, 3.05) is 6.61 Å². The Bertz CT molecular complexity index is 541. The summed E-state index contributed by atoms with van der Waals surface area (Å²) in [6.07, 6.45) is 17.5. The fourth-order valence-electron chi connectivity index (χ4n) is 3.91. The molecule has 0 radical (unpaired) electrons. The summed E-state index contributed by atoms with van der Waals surface area (Å²) in [4.78, 5) is 0. The summed E-state index contributed by atoms with van der Waals surface area (Å²) in [5.41, 5.74) is 3.94. The van der Waals surface area contributed by atoms with Crippen LogP contribution in [0.2, 0.25) is 0 Å². The molecule has 0 aromatic heterocycles. The number of hydrogen-bond donors (Lipinski definition) is 1. The molecule has 168 valence electrons. The van der Waals surface area contributed by atoms with Crippen molar-refractivity contribution in [3.8, 4) is 0 Å². The molecule has 0 amide bonds. The van der Waals surface area contributed by atoms with E-state index in [9.17, 15) is 5.11 Å². The SMILES string of the molecule is CCCCCCCCOC1=C(C)C(C)C(O)C=C1CCC(C)CC/C=C(\C)CC. The van der Waals surface area contributed by atoms with Crippen molar-refractivity contribution in [2.45, 2.75) is 118 Å². The first-order chi connectivity index (χ1) is 13.9. The molecule has 0 fully saturated rings. The van der Waals surface area contributed by atoms with Crippen LogP contribution >= 0.6 is 0 Å². The van der Waals surface area contributed by atoms with Crippen LogP contribution < -0.4 is 0 Å². The third-order valence-electron chi connectivity index (χ3n) is 6.58. The highest BCUT2D eigenvalue weighted by atomic mass is 16.5. The number of unbranched alkanes of at least 4 members (excludes halogenated alkanes) is 5. The van der Waals surface area contributed by atoms with Crippen LogP contribution in [0.3, 0.4) is 0 Å². The van der Waals surface area contributed by atoms with Gasteiger partial charge in [-0.3, -0.25) is 0 Å². The van der Waals surface area contributed by atoms with Crippen LogP contribution in [0.15, 0.2) is 34.6 Å². The minimum atomic E-state index is -0.378. The molecule has 0 aromatic carbocycles. The van der Waals surface area contributed by atoms with Gasteiger partial charge < -0.3 is 9.84 Å². The molecule has 2 heteroatoms. The van der Waals surface area contributed by atoms with E-state index in [1.165, 1.54) is 61.7 Å². The zero-order valence-electron chi connectivity index (χ0n) is 20.2. The van der Waals surface area contributed by atoms with E-state index in [1.807, 2.05) is 0 Å². The predicted molar refractivity (Wildman–Crippen MR) is 127 cm³/mol. The molecule has 0 bridgehead atoms. The molecule has 1 rings (SSSR count). The summed E-state index contributed by atoms with van der Waals surface area (Å²) in [5.74, 6) is 1.91. The third kappa shape index (κ3) is 10.0. The van der Waals surface area contributed by atoms with Crippen molar-refractivity contribution in [2.24, 2.45) is 11.8 Å². The fourth-order valence-corrected chi connectivity index (χ4v) is 3.91. The van der Waals surface area contributed by atoms with Crippen LogP contribution in [0, 0.1) is 11.8 Å². The van der Waals surface area contributed by atoms with Gasteiger partial charge in [0, 0.05) is 5.92 Å². The second-order valence-electron chi connectivity index (χ2n) is 9.22. The van der Waals surface area contributed by atoms with E-state index in [2.05, 4.69) is 53.7 Å². The molecule has 1 aliphatic carbocycles. The second-order valence-corrected chi connectivity index (χ2v) is 9.22. The Balaban J connectivity index is 2.53. The maximum atomic E-state index is 10.4. The lowest BCUT2D eigenvalue weighted by molar-refractivity contribution is 0.154. The Morgan fingerprint density at radius 2 is 1.83 bits per heavy atom. The summed E-state index contributed by atoms with van der Waals surface area (Å²) < 4.78 is 6.28. The summed E-state index contributed by atoms with van der Waals surface area (Å²) in [6, 6.07) is 0. The lowest BCUT2D eigenvalue weighted by Crippen LogP contribution is -2.23. The normalized spacial score (nSPS) is 21.3. The van der Waals surface area contributed by atoms with Gasteiger partial charge in [0.05, 0.1) is 12.7 Å². The van der Waals surface area contributed by atoms with Crippen LogP contribution in [0.5, 0.6) is 0 Å². The molecule has 0 saturated heterocycles. The van der Waals surface area contributed by atoms with Crippen LogP contribution in [0.4, 0.5) is 0 Å². The fraction of sp³-hybridized carbons (Fsp3) is 0.778. The standard InChI is InChI=1S/C27H48O2/c1-7-9-10-11-12-13-19-29-27-24(6)23(5)26(28)20-25(27)18-17-22(4)16-14-15-21(3)8-2/h15,20,22-23,26,28H,7-14,16-19H2,1-6H3/b21-15+. The van der Waals surface area contributed by atoms with Gasteiger partial charge in [0.1, 0.15) is 5.76 Å². The van der Waals surface area contributed by atoms with Gasteiger partial charge >= 0.3 is 0 Å². The molecular weight excluding hydrogens is 356 g/mol. The van der Waals surface area contributed by atoms with E-state index in [0.717, 1.165) is 38.0 Å². The Hall–Kier alpha value is -1.02. The Morgan fingerprint density at radius 3 is 2.52 bits per heavy atom. The molecule has 29 heavy (non-hydrogen) atoms. The zero-order chi connectivity index (χ0) is 21.6. The molecule has 3 unspecified atom stereocenters. The summed E-state index contributed by atoms with van der Waals surface area (Å²) in [6.45, 7) is 14.1. The van der Waals surface area contributed by atoms with Gasteiger partial charge in [0.25, 0.3) is 0 Å². The number of ether oxygens (including phenoxy) is 1. The van der Waals surface area contributed by atoms with E-state index in [-0.39, 0.29) is 12.0 Å². The maximum absolute atomic E-state index is 10.4. The highest BCUT2D eigenvalue weighted by Crippen LogP contribution is 2.34. The maximum Gasteiger partial charge on any atom is 0.121 e. The number of allylic oxidation sites excluding steroid dienone is 3. The van der Waals surface area contributed by atoms with Crippen molar-refractivity contribution in [1.29, 1.82) is 0 Å². The molecule has 0 aliphatic heterocycles. The van der Waals surface area contributed by atoms with Crippen LogP contribution in [0.25, 0.3) is 0 Å².